The molecule has 3 aromatic heterocycles. The van der Waals surface area contributed by atoms with Crippen LogP contribution < -0.4 is 11.2 Å². The number of benzene rings is 2. The maximum Gasteiger partial charge on any atom is 0.332 e. The second kappa shape index (κ2) is 8.05. The van der Waals surface area contributed by atoms with Crippen molar-refractivity contribution in [2.75, 3.05) is 0 Å². The summed E-state index contributed by atoms with van der Waals surface area (Å²) < 4.78 is 8.74. The number of aromatic nitrogens is 4. The molecule has 5 rings (SSSR count). The van der Waals surface area contributed by atoms with Crippen LogP contribution in [0.4, 0.5) is 0 Å². The van der Waals surface area contributed by atoms with Crippen LogP contribution in [0.15, 0.2) is 74.1 Å². The zero-order valence-corrected chi connectivity index (χ0v) is 18.4. The van der Waals surface area contributed by atoms with Gasteiger partial charge in [0.15, 0.2) is 0 Å². The van der Waals surface area contributed by atoms with E-state index in [2.05, 4.69) is 10.1 Å². The Morgan fingerprint density at radius 2 is 1.56 bits per heavy atom. The summed E-state index contributed by atoms with van der Waals surface area (Å²) in [5.41, 5.74) is 3.85. The van der Waals surface area contributed by atoms with Crippen LogP contribution in [0.5, 0.6) is 0 Å². The summed E-state index contributed by atoms with van der Waals surface area (Å²) in [5, 5.41) is 5.87. The highest BCUT2D eigenvalue weighted by Gasteiger charge is 2.17. The number of thiophene rings is 1. The molecule has 0 amide bonds. The topological polar surface area (TPSA) is 82.9 Å². The molecule has 160 valence electrons. The van der Waals surface area contributed by atoms with Gasteiger partial charge in [0.25, 0.3) is 5.56 Å². The number of rotatable bonds is 5. The van der Waals surface area contributed by atoms with Crippen LogP contribution in [0.2, 0.25) is 0 Å². The fourth-order valence-electron chi connectivity index (χ4n) is 3.58. The Morgan fingerprint density at radius 3 is 2.28 bits per heavy atom. The zero-order valence-electron chi connectivity index (χ0n) is 17.6. The van der Waals surface area contributed by atoms with Crippen LogP contribution in [-0.4, -0.2) is 19.3 Å². The van der Waals surface area contributed by atoms with Gasteiger partial charge in [0.05, 0.1) is 12.1 Å². The smallest absolute Gasteiger partial charge is 0.332 e. The first kappa shape index (κ1) is 20.1. The first-order chi connectivity index (χ1) is 15.5. The van der Waals surface area contributed by atoms with Gasteiger partial charge in [-0.2, -0.15) is 4.98 Å². The van der Waals surface area contributed by atoms with E-state index in [1.807, 2.05) is 67.8 Å². The van der Waals surface area contributed by atoms with Crippen molar-refractivity contribution in [3.05, 3.63) is 103 Å². The molecular weight excluding hydrogens is 424 g/mol. The summed E-state index contributed by atoms with van der Waals surface area (Å²) in [5.74, 6) is 0.762. The van der Waals surface area contributed by atoms with Crippen molar-refractivity contribution < 1.29 is 4.52 Å². The second-order valence-electron chi connectivity index (χ2n) is 7.76. The summed E-state index contributed by atoms with van der Waals surface area (Å²) in [6.45, 7) is 4.29. The van der Waals surface area contributed by atoms with E-state index in [4.69, 9.17) is 4.52 Å². The van der Waals surface area contributed by atoms with Crippen LogP contribution >= 0.6 is 11.3 Å². The molecular formula is C24H20N4O3S. The SMILES string of the molecule is Cc1ccc(Cn2c(=O)c3sccc3n(Cc3nc(-c4ccc(C)cc4)no3)c2=O)cc1. The summed E-state index contributed by atoms with van der Waals surface area (Å²) >= 11 is 1.32. The molecule has 0 fully saturated rings. The molecule has 0 N–H and O–H groups in total. The van der Waals surface area contributed by atoms with E-state index in [0.717, 1.165) is 22.3 Å². The minimum Gasteiger partial charge on any atom is -0.337 e. The first-order valence-corrected chi connectivity index (χ1v) is 11.0. The van der Waals surface area contributed by atoms with Crippen molar-refractivity contribution in [2.24, 2.45) is 0 Å². The molecule has 5 aromatic rings. The van der Waals surface area contributed by atoms with Crippen LogP contribution in [0.3, 0.4) is 0 Å². The van der Waals surface area contributed by atoms with Crippen molar-refractivity contribution in [3.8, 4) is 11.4 Å². The number of nitrogens with zero attached hydrogens (tertiary/aromatic N) is 4. The Hall–Kier alpha value is -3.78. The minimum atomic E-state index is -0.406. The summed E-state index contributed by atoms with van der Waals surface area (Å²) in [4.78, 5) is 30.8. The molecule has 0 saturated carbocycles. The number of hydrogen-bond acceptors (Lipinski definition) is 6. The Bertz CT molecular complexity index is 1520. The van der Waals surface area contributed by atoms with E-state index in [1.165, 1.54) is 20.5 Å². The largest absolute Gasteiger partial charge is 0.337 e. The van der Waals surface area contributed by atoms with Gasteiger partial charge in [0.1, 0.15) is 11.2 Å². The predicted molar refractivity (Wildman–Crippen MR) is 124 cm³/mol. The molecule has 0 unspecified atom stereocenters. The van der Waals surface area contributed by atoms with Gasteiger partial charge in [0, 0.05) is 5.56 Å². The Labute approximate surface area is 187 Å². The van der Waals surface area contributed by atoms with Crippen LogP contribution in [-0.2, 0) is 13.1 Å². The van der Waals surface area contributed by atoms with E-state index < -0.39 is 5.69 Å². The standard InChI is InChI=1S/C24H20N4O3S/c1-15-3-7-17(8-4-15)13-28-23(29)21-19(11-12-32-21)27(24(28)30)14-20-25-22(26-31-20)18-9-5-16(2)6-10-18/h3-12H,13-14H2,1-2H3. The van der Waals surface area contributed by atoms with Gasteiger partial charge in [-0.1, -0.05) is 64.8 Å². The monoisotopic (exact) mass is 444 g/mol. The Kier molecular flexibility index (Phi) is 5.07. The maximum atomic E-state index is 13.3. The lowest BCUT2D eigenvalue weighted by molar-refractivity contribution is 0.369. The number of fused-ring (bicyclic) bond motifs is 1. The minimum absolute atomic E-state index is 0.0824. The average molecular weight is 445 g/mol. The zero-order chi connectivity index (χ0) is 22.2. The van der Waals surface area contributed by atoms with E-state index in [0.29, 0.717) is 21.9 Å². The van der Waals surface area contributed by atoms with E-state index in [9.17, 15) is 9.59 Å². The maximum absolute atomic E-state index is 13.3. The van der Waals surface area contributed by atoms with Crippen molar-refractivity contribution in [3.63, 3.8) is 0 Å². The third-order valence-electron chi connectivity index (χ3n) is 5.37. The predicted octanol–water partition coefficient (Wildman–Crippen LogP) is 3.99. The van der Waals surface area contributed by atoms with Gasteiger partial charge in [0.2, 0.25) is 11.7 Å². The molecule has 0 aliphatic carbocycles. The van der Waals surface area contributed by atoms with Crippen molar-refractivity contribution in [2.45, 2.75) is 26.9 Å². The molecule has 0 saturated heterocycles. The first-order valence-electron chi connectivity index (χ1n) is 10.2. The van der Waals surface area contributed by atoms with Gasteiger partial charge in [-0.25, -0.2) is 4.79 Å². The molecule has 0 bridgehead atoms. The van der Waals surface area contributed by atoms with Gasteiger partial charge in [-0.3, -0.25) is 13.9 Å². The molecule has 0 spiro atoms. The van der Waals surface area contributed by atoms with E-state index in [-0.39, 0.29) is 18.6 Å². The molecule has 0 aliphatic heterocycles. The van der Waals surface area contributed by atoms with Crippen molar-refractivity contribution in [1.29, 1.82) is 0 Å². The third-order valence-corrected chi connectivity index (χ3v) is 6.26. The average Bonchev–Trinajstić information content (AvgIpc) is 3.46. The molecule has 0 aliphatic rings. The van der Waals surface area contributed by atoms with E-state index in [1.54, 1.807) is 6.07 Å². The molecule has 0 atom stereocenters. The molecule has 7 nitrogen and oxygen atoms in total. The second-order valence-corrected chi connectivity index (χ2v) is 8.67. The van der Waals surface area contributed by atoms with Gasteiger partial charge >= 0.3 is 5.69 Å². The van der Waals surface area contributed by atoms with Crippen LogP contribution in [0.25, 0.3) is 21.6 Å². The quantitative estimate of drug-likeness (QED) is 0.409. The fraction of sp³-hybridized carbons (Fsp3) is 0.167. The third kappa shape index (κ3) is 3.69. The Morgan fingerprint density at radius 1 is 0.875 bits per heavy atom. The molecule has 8 heteroatoms. The van der Waals surface area contributed by atoms with Gasteiger partial charge < -0.3 is 4.52 Å². The lowest BCUT2D eigenvalue weighted by atomic mass is 10.1. The lowest BCUT2D eigenvalue weighted by Gasteiger charge is -2.11. The molecule has 32 heavy (non-hydrogen) atoms. The van der Waals surface area contributed by atoms with Crippen LogP contribution in [0, 0.1) is 13.8 Å². The highest BCUT2D eigenvalue weighted by Crippen LogP contribution is 2.19. The lowest BCUT2D eigenvalue weighted by Crippen LogP contribution is -2.40. The van der Waals surface area contributed by atoms with Gasteiger partial charge in [-0.05, 0) is 30.9 Å². The fourth-order valence-corrected chi connectivity index (χ4v) is 4.42. The van der Waals surface area contributed by atoms with Gasteiger partial charge in [-0.15, -0.1) is 11.3 Å². The highest BCUT2D eigenvalue weighted by atomic mass is 32.1. The van der Waals surface area contributed by atoms with E-state index >= 15 is 0 Å². The summed E-state index contributed by atoms with van der Waals surface area (Å²) in [6, 6.07) is 17.4. The number of aryl methyl sites for hydroxylation is 2. The van der Waals surface area contributed by atoms with Crippen LogP contribution in [0.1, 0.15) is 22.6 Å². The highest BCUT2D eigenvalue weighted by molar-refractivity contribution is 7.17. The van der Waals surface area contributed by atoms with Crippen molar-refractivity contribution in [1.82, 2.24) is 19.3 Å². The number of hydrogen-bond donors (Lipinski definition) is 0. The summed E-state index contributed by atoms with van der Waals surface area (Å²) in [6.07, 6.45) is 0. The molecule has 3 heterocycles. The molecule has 0 radical (unpaired) electrons. The normalized spacial score (nSPS) is 11.3. The Balaban J connectivity index is 1.55. The molecule has 2 aromatic carbocycles. The summed E-state index contributed by atoms with van der Waals surface area (Å²) in [7, 11) is 0. The van der Waals surface area contributed by atoms with Crippen molar-refractivity contribution >= 4 is 21.6 Å².